The molecule has 5 nitrogen and oxygen atoms in total. The zero-order valence-electron chi connectivity index (χ0n) is 11.2. The Bertz CT molecular complexity index is 593. The van der Waals surface area contributed by atoms with Crippen LogP contribution in [0.5, 0.6) is 0 Å². The van der Waals surface area contributed by atoms with Crippen molar-refractivity contribution in [3.63, 3.8) is 0 Å². The van der Waals surface area contributed by atoms with Crippen molar-refractivity contribution in [2.24, 2.45) is 5.73 Å². The molecular formula is C14H18N2O3. The lowest BCUT2D eigenvalue weighted by atomic mass is 10.2. The zero-order valence-corrected chi connectivity index (χ0v) is 11.2. The standard InChI is InChI=1S/C14H18N2O3/c1-18-13-12-10(9-17)5-3-6-11(12)16(8-4-7-15)14(13)19-2/h3,5-6,14H,4,7-8,15H2,1-2H3. The molecule has 1 heterocycles. The highest BCUT2D eigenvalue weighted by Gasteiger charge is 2.32. The van der Waals surface area contributed by atoms with Crippen LogP contribution in [0.4, 0.5) is 5.69 Å². The number of hydrogen-bond donors (Lipinski definition) is 1. The first-order valence-corrected chi connectivity index (χ1v) is 6.20. The monoisotopic (exact) mass is 262 g/mol. The minimum absolute atomic E-state index is 0.318. The van der Waals surface area contributed by atoms with Crippen molar-refractivity contribution < 1.29 is 14.3 Å². The molecule has 2 rings (SSSR count). The lowest BCUT2D eigenvalue weighted by Crippen LogP contribution is -2.36. The van der Waals surface area contributed by atoms with Gasteiger partial charge < -0.3 is 20.1 Å². The zero-order chi connectivity index (χ0) is 13.8. The Morgan fingerprint density at radius 1 is 1.42 bits per heavy atom. The van der Waals surface area contributed by atoms with E-state index in [1.165, 1.54) is 0 Å². The van der Waals surface area contributed by atoms with Crippen LogP contribution >= 0.6 is 0 Å². The third kappa shape index (κ3) is 2.24. The Morgan fingerprint density at radius 2 is 2.21 bits per heavy atom. The quantitative estimate of drug-likeness (QED) is 0.744. The second-order valence-corrected chi connectivity index (χ2v) is 4.29. The van der Waals surface area contributed by atoms with Gasteiger partial charge in [-0.25, -0.2) is 4.79 Å². The molecular weight excluding hydrogens is 244 g/mol. The summed E-state index contributed by atoms with van der Waals surface area (Å²) in [4.78, 5) is 13.1. The molecule has 0 aliphatic carbocycles. The number of methoxy groups -OCH3 is 2. The average molecular weight is 262 g/mol. The van der Waals surface area contributed by atoms with E-state index >= 15 is 0 Å². The Balaban J connectivity index is 2.63. The van der Waals surface area contributed by atoms with Crippen LogP contribution in [0.2, 0.25) is 0 Å². The Hall–Kier alpha value is -1.81. The van der Waals surface area contributed by atoms with E-state index in [2.05, 4.69) is 4.90 Å². The highest BCUT2D eigenvalue weighted by atomic mass is 16.5. The topological polar surface area (TPSA) is 64.8 Å². The van der Waals surface area contributed by atoms with E-state index in [9.17, 15) is 4.79 Å². The maximum Gasteiger partial charge on any atom is 0.189 e. The molecule has 1 aromatic rings. The Labute approximate surface area is 111 Å². The van der Waals surface area contributed by atoms with E-state index in [-0.39, 0.29) is 6.23 Å². The maximum absolute atomic E-state index is 11.1. The summed E-state index contributed by atoms with van der Waals surface area (Å²) in [7, 11) is 3.20. The smallest absolute Gasteiger partial charge is 0.189 e. The van der Waals surface area contributed by atoms with Crippen LogP contribution in [0.3, 0.4) is 0 Å². The molecule has 102 valence electrons. The lowest BCUT2D eigenvalue weighted by Gasteiger charge is -2.27. The van der Waals surface area contributed by atoms with Crippen molar-refractivity contribution in [2.75, 3.05) is 32.2 Å². The minimum Gasteiger partial charge on any atom is -0.496 e. The number of hydrogen-bond acceptors (Lipinski definition) is 5. The predicted molar refractivity (Wildman–Crippen MR) is 72.7 cm³/mol. The summed E-state index contributed by atoms with van der Waals surface area (Å²) < 4.78 is 10.9. The number of anilines is 1. The first-order valence-electron chi connectivity index (χ1n) is 6.20. The van der Waals surface area contributed by atoms with Crippen LogP contribution in [-0.4, -0.2) is 39.5 Å². The third-order valence-electron chi connectivity index (χ3n) is 3.26. The van der Waals surface area contributed by atoms with Gasteiger partial charge in [-0.3, -0.25) is 0 Å². The molecule has 2 N–H and O–H groups in total. The summed E-state index contributed by atoms with van der Waals surface area (Å²) in [5, 5.41) is 1.26. The van der Waals surface area contributed by atoms with Crippen molar-refractivity contribution >= 4 is 17.4 Å². The molecule has 1 aliphatic heterocycles. The Morgan fingerprint density at radius 3 is 2.79 bits per heavy atom. The molecule has 0 spiro atoms. The fourth-order valence-corrected chi connectivity index (χ4v) is 2.45. The SMILES string of the molecule is COC1=c2c(cccc2=C=O)N(CCCN)C1OC. The van der Waals surface area contributed by atoms with Crippen molar-refractivity contribution in [1.29, 1.82) is 0 Å². The van der Waals surface area contributed by atoms with Crippen LogP contribution in [0.15, 0.2) is 18.2 Å². The van der Waals surface area contributed by atoms with Crippen LogP contribution in [0, 0.1) is 0 Å². The number of ether oxygens (including phenoxy) is 2. The first kappa shape index (κ1) is 13.6. The van der Waals surface area contributed by atoms with Crippen molar-refractivity contribution in [3.8, 4) is 0 Å². The van der Waals surface area contributed by atoms with E-state index in [1.807, 2.05) is 18.1 Å². The van der Waals surface area contributed by atoms with Crippen LogP contribution < -0.4 is 21.1 Å². The fourth-order valence-electron chi connectivity index (χ4n) is 2.45. The van der Waals surface area contributed by atoms with Crippen molar-refractivity contribution in [1.82, 2.24) is 0 Å². The predicted octanol–water partition coefficient (Wildman–Crippen LogP) is -0.914. The number of nitrogens with two attached hydrogens (primary N) is 1. The van der Waals surface area contributed by atoms with Gasteiger partial charge in [-0.1, -0.05) is 6.07 Å². The molecule has 19 heavy (non-hydrogen) atoms. The van der Waals surface area contributed by atoms with Gasteiger partial charge >= 0.3 is 0 Å². The second kappa shape index (κ2) is 5.89. The molecule has 0 amide bonds. The van der Waals surface area contributed by atoms with E-state index in [0.29, 0.717) is 17.5 Å². The number of nitrogens with zero attached hydrogens (tertiary/aromatic N) is 1. The first-order chi connectivity index (χ1) is 9.28. The van der Waals surface area contributed by atoms with Gasteiger partial charge in [-0.2, -0.15) is 0 Å². The molecule has 0 saturated carbocycles. The summed E-state index contributed by atoms with van der Waals surface area (Å²) in [6, 6.07) is 5.51. The Kier molecular flexibility index (Phi) is 4.22. The number of rotatable bonds is 5. The summed E-state index contributed by atoms with van der Waals surface area (Å²) in [5.74, 6) is 2.60. The fraction of sp³-hybridized carbons (Fsp3) is 0.429. The molecule has 0 radical (unpaired) electrons. The van der Waals surface area contributed by atoms with E-state index in [4.69, 9.17) is 15.2 Å². The summed E-state index contributed by atoms with van der Waals surface area (Å²) in [6.07, 6.45) is 0.520. The largest absolute Gasteiger partial charge is 0.496 e. The van der Waals surface area contributed by atoms with Gasteiger partial charge in [0.05, 0.1) is 23.2 Å². The maximum atomic E-state index is 11.1. The van der Waals surface area contributed by atoms with Crippen molar-refractivity contribution in [3.05, 3.63) is 28.6 Å². The van der Waals surface area contributed by atoms with Gasteiger partial charge in [0.25, 0.3) is 0 Å². The molecule has 0 fully saturated rings. The summed E-state index contributed by atoms with van der Waals surface area (Å²) in [5.41, 5.74) is 6.50. The van der Waals surface area contributed by atoms with E-state index < -0.39 is 0 Å². The second-order valence-electron chi connectivity index (χ2n) is 4.29. The van der Waals surface area contributed by atoms with Crippen molar-refractivity contribution in [2.45, 2.75) is 12.6 Å². The van der Waals surface area contributed by atoms with Gasteiger partial charge in [0.2, 0.25) is 0 Å². The number of carbonyl (C=O) groups excluding carboxylic acids is 1. The molecule has 0 aromatic heterocycles. The molecule has 0 saturated heterocycles. The minimum atomic E-state index is -0.318. The highest BCUT2D eigenvalue weighted by molar-refractivity contribution is 5.69. The van der Waals surface area contributed by atoms with Crippen LogP contribution in [0.25, 0.3) is 5.76 Å². The van der Waals surface area contributed by atoms with Crippen LogP contribution in [0.1, 0.15) is 6.42 Å². The highest BCUT2D eigenvalue weighted by Crippen LogP contribution is 2.25. The number of fused-ring (bicyclic) bond motifs is 1. The lowest BCUT2D eigenvalue weighted by molar-refractivity contribution is 0.116. The van der Waals surface area contributed by atoms with Crippen LogP contribution in [-0.2, 0) is 14.3 Å². The third-order valence-corrected chi connectivity index (χ3v) is 3.26. The molecule has 1 unspecified atom stereocenters. The van der Waals surface area contributed by atoms with Gasteiger partial charge in [-0.15, -0.1) is 0 Å². The van der Waals surface area contributed by atoms with Gasteiger partial charge in [-0.05, 0) is 25.1 Å². The molecule has 1 aromatic carbocycles. The van der Waals surface area contributed by atoms with E-state index in [1.54, 1.807) is 20.3 Å². The molecule has 0 bridgehead atoms. The van der Waals surface area contributed by atoms with E-state index in [0.717, 1.165) is 23.9 Å². The van der Waals surface area contributed by atoms with Gasteiger partial charge in [0, 0.05) is 13.7 Å². The van der Waals surface area contributed by atoms with Gasteiger partial charge in [0.1, 0.15) is 5.94 Å². The molecule has 1 aliphatic rings. The molecule has 5 heteroatoms. The number of benzene rings is 1. The summed E-state index contributed by atoms with van der Waals surface area (Å²) >= 11 is 0. The van der Waals surface area contributed by atoms with Gasteiger partial charge in [0.15, 0.2) is 12.0 Å². The average Bonchev–Trinajstić information content (AvgIpc) is 2.77. The summed E-state index contributed by atoms with van der Waals surface area (Å²) in [6.45, 7) is 1.35. The molecule has 1 atom stereocenters. The normalized spacial score (nSPS) is 17.3.